The quantitative estimate of drug-likeness (QED) is 0.476. The molecule has 2 rings (SSSR count). The van der Waals surface area contributed by atoms with Gasteiger partial charge in [0.25, 0.3) is 0 Å². The molecule has 1 aromatic heterocycles. The topological polar surface area (TPSA) is 84.2 Å². The van der Waals surface area contributed by atoms with Crippen LogP contribution < -0.4 is 10.2 Å². The van der Waals surface area contributed by atoms with Crippen LogP contribution in [0.25, 0.3) is 0 Å². The van der Waals surface area contributed by atoms with Crippen molar-refractivity contribution in [2.45, 2.75) is 27.7 Å². The Morgan fingerprint density at radius 1 is 1.12 bits per heavy atom. The van der Waals surface area contributed by atoms with E-state index in [-0.39, 0.29) is 11.5 Å². The first-order valence-corrected chi connectivity index (χ1v) is 9.34. The number of benzene rings is 1. The molecule has 2 aromatic rings. The average molecular weight is 422 g/mol. The van der Waals surface area contributed by atoms with Gasteiger partial charge < -0.3 is 10.2 Å². The van der Waals surface area contributed by atoms with Crippen molar-refractivity contribution < 1.29 is 4.92 Å². The molecule has 26 heavy (non-hydrogen) atoms. The van der Waals surface area contributed by atoms with Crippen LogP contribution in [-0.2, 0) is 0 Å². The van der Waals surface area contributed by atoms with E-state index < -0.39 is 4.92 Å². The zero-order chi connectivity index (χ0) is 19.3. The van der Waals surface area contributed by atoms with E-state index in [9.17, 15) is 10.1 Å². The summed E-state index contributed by atoms with van der Waals surface area (Å²) in [4.78, 5) is 21.7. The predicted molar refractivity (Wildman–Crippen MR) is 108 cm³/mol. The maximum Gasteiger partial charge on any atom is 0.353 e. The zero-order valence-electron chi connectivity index (χ0n) is 15.4. The fourth-order valence-electron chi connectivity index (χ4n) is 2.66. The van der Waals surface area contributed by atoms with Crippen LogP contribution in [0, 0.1) is 22.0 Å². The number of aromatic nitrogens is 2. The first-order valence-electron chi connectivity index (χ1n) is 8.54. The Balaban J connectivity index is 2.45. The Bertz CT molecular complexity index is 740. The first-order chi connectivity index (χ1) is 12.3. The summed E-state index contributed by atoms with van der Waals surface area (Å²) >= 11 is 3.38. The van der Waals surface area contributed by atoms with Crippen molar-refractivity contribution >= 4 is 38.9 Å². The van der Waals surface area contributed by atoms with Gasteiger partial charge in [0, 0.05) is 23.2 Å². The second-order valence-corrected chi connectivity index (χ2v) is 7.89. The van der Waals surface area contributed by atoms with Gasteiger partial charge in [-0.05, 0) is 36.1 Å². The monoisotopic (exact) mass is 421 g/mol. The molecule has 0 amide bonds. The molecular weight excluding hydrogens is 398 g/mol. The van der Waals surface area contributed by atoms with Crippen molar-refractivity contribution in [3.05, 3.63) is 45.2 Å². The van der Waals surface area contributed by atoms with E-state index in [2.05, 4.69) is 58.9 Å². The van der Waals surface area contributed by atoms with E-state index in [1.54, 1.807) is 0 Å². The lowest BCUT2D eigenvalue weighted by Gasteiger charge is -2.27. The Morgan fingerprint density at radius 2 is 1.69 bits per heavy atom. The van der Waals surface area contributed by atoms with Gasteiger partial charge in [0.1, 0.15) is 6.33 Å². The molecule has 8 heteroatoms. The van der Waals surface area contributed by atoms with Gasteiger partial charge in [-0.1, -0.05) is 43.6 Å². The van der Waals surface area contributed by atoms with Crippen LogP contribution in [0.3, 0.4) is 0 Å². The molecule has 1 heterocycles. The summed E-state index contributed by atoms with van der Waals surface area (Å²) in [6.45, 7) is 9.72. The lowest BCUT2D eigenvalue weighted by Crippen LogP contribution is -2.32. The van der Waals surface area contributed by atoms with Crippen LogP contribution in [0.15, 0.2) is 35.1 Å². The molecule has 0 bridgehead atoms. The van der Waals surface area contributed by atoms with E-state index in [4.69, 9.17) is 0 Å². The third-order valence-corrected chi connectivity index (χ3v) is 4.09. The molecule has 0 aliphatic carbocycles. The highest BCUT2D eigenvalue weighted by Crippen LogP contribution is 2.34. The molecular formula is C18H24BrN5O2. The Hall–Kier alpha value is -2.22. The molecule has 7 nitrogen and oxygen atoms in total. The zero-order valence-corrected chi connectivity index (χ0v) is 17.0. The summed E-state index contributed by atoms with van der Waals surface area (Å²) in [5.41, 5.74) is 0.622. The van der Waals surface area contributed by atoms with Gasteiger partial charge >= 0.3 is 5.69 Å². The standard InChI is InChI=1S/C18H24BrN5O2/c1-12(2)9-23(10-13(3)4)18-16(24(25)26)17(20-11-21-18)22-15-7-5-14(19)6-8-15/h5-8,11-13H,9-10H2,1-4H3,(H,20,21,22). The third kappa shape index (κ3) is 5.39. The van der Waals surface area contributed by atoms with Crippen molar-refractivity contribution in [2.24, 2.45) is 11.8 Å². The minimum atomic E-state index is -0.413. The fourth-order valence-corrected chi connectivity index (χ4v) is 2.92. The van der Waals surface area contributed by atoms with Crippen molar-refractivity contribution in [1.82, 2.24) is 9.97 Å². The van der Waals surface area contributed by atoms with Crippen molar-refractivity contribution in [1.29, 1.82) is 0 Å². The molecule has 0 aliphatic heterocycles. The predicted octanol–water partition coefficient (Wildman–Crippen LogP) is 5.01. The van der Waals surface area contributed by atoms with E-state index in [0.29, 0.717) is 30.7 Å². The smallest absolute Gasteiger partial charge is 0.350 e. The van der Waals surface area contributed by atoms with Crippen molar-refractivity contribution in [3.63, 3.8) is 0 Å². The first kappa shape index (κ1) is 20.1. The number of rotatable bonds is 8. The summed E-state index contributed by atoms with van der Waals surface area (Å²) in [6.07, 6.45) is 1.37. The second kappa shape index (κ2) is 8.93. The highest BCUT2D eigenvalue weighted by atomic mass is 79.9. The lowest BCUT2D eigenvalue weighted by molar-refractivity contribution is -0.383. The van der Waals surface area contributed by atoms with Gasteiger partial charge in [-0.15, -0.1) is 0 Å². The van der Waals surface area contributed by atoms with Crippen molar-refractivity contribution in [2.75, 3.05) is 23.3 Å². The minimum absolute atomic E-state index is 0.100. The molecule has 0 fully saturated rings. The van der Waals surface area contributed by atoms with E-state index in [0.717, 1.165) is 10.2 Å². The van der Waals surface area contributed by atoms with Gasteiger partial charge in [-0.2, -0.15) is 0 Å². The molecule has 0 unspecified atom stereocenters. The van der Waals surface area contributed by atoms with Crippen molar-refractivity contribution in [3.8, 4) is 0 Å². The van der Waals surface area contributed by atoms with Gasteiger partial charge in [-0.3, -0.25) is 10.1 Å². The molecule has 0 saturated carbocycles. The number of nitro groups is 1. The number of hydrogen-bond donors (Lipinski definition) is 1. The number of halogens is 1. The van der Waals surface area contributed by atoms with Crippen LogP contribution in [0.5, 0.6) is 0 Å². The summed E-state index contributed by atoms with van der Waals surface area (Å²) in [6, 6.07) is 7.38. The Labute approximate surface area is 162 Å². The molecule has 0 aliphatic rings. The van der Waals surface area contributed by atoms with Gasteiger partial charge in [-0.25, -0.2) is 9.97 Å². The van der Waals surface area contributed by atoms with Crippen LogP contribution in [0.1, 0.15) is 27.7 Å². The van der Waals surface area contributed by atoms with Crippen LogP contribution in [0.4, 0.5) is 23.0 Å². The summed E-state index contributed by atoms with van der Waals surface area (Å²) in [5.74, 6) is 1.25. The molecule has 0 atom stereocenters. The second-order valence-electron chi connectivity index (χ2n) is 6.98. The number of anilines is 3. The number of nitrogens with zero attached hydrogens (tertiary/aromatic N) is 4. The van der Waals surface area contributed by atoms with Gasteiger partial charge in [0.15, 0.2) is 0 Å². The van der Waals surface area contributed by atoms with E-state index in [1.165, 1.54) is 6.33 Å². The Morgan fingerprint density at radius 3 is 2.19 bits per heavy atom. The molecule has 0 saturated heterocycles. The Kier molecular flexibility index (Phi) is 6.90. The summed E-state index contributed by atoms with van der Waals surface area (Å²) in [7, 11) is 0. The summed E-state index contributed by atoms with van der Waals surface area (Å²) < 4.78 is 0.931. The summed E-state index contributed by atoms with van der Waals surface area (Å²) in [5, 5.41) is 14.9. The highest BCUT2D eigenvalue weighted by Gasteiger charge is 2.28. The van der Waals surface area contributed by atoms with Crippen LogP contribution in [-0.4, -0.2) is 28.0 Å². The average Bonchev–Trinajstić information content (AvgIpc) is 2.55. The lowest BCUT2D eigenvalue weighted by atomic mass is 10.1. The maximum atomic E-state index is 11.8. The third-order valence-electron chi connectivity index (χ3n) is 3.56. The highest BCUT2D eigenvalue weighted by molar-refractivity contribution is 9.10. The molecule has 1 aromatic carbocycles. The molecule has 1 N–H and O–H groups in total. The molecule has 0 radical (unpaired) electrons. The number of hydrogen-bond acceptors (Lipinski definition) is 6. The van der Waals surface area contributed by atoms with Gasteiger partial charge in [0.05, 0.1) is 4.92 Å². The SMILES string of the molecule is CC(C)CN(CC(C)C)c1ncnc(Nc2ccc(Br)cc2)c1[N+](=O)[O-]. The minimum Gasteiger partial charge on any atom is -0.350 e. The van der Waals surface area contributed by atoms with Crippen LogP contribution >= 0.6 is 15.9 Å². The van der Waals surface area contributed by atoms with E-state index in [1.807, 2.05) is 29.2 Å². The van der Waals surface area contributed by atoms with Gasteiger partial charge in [0.2, 0.25) is 11.6 Å². The molecule has 0 spiro atoms. The maximum absolute atomic E-state index is 11.8. The fraction of sp³-hybridized carbons (Fsp3) is 0.444. The molecule has 140 valence electrons. The van der Waals surface area contributed by atoms with E-state index >= 15 is 0 Å². The number of nitrogens with one attached hydrogen (secondary N) is 1. The normalized spacial score (nSPS) is 11.0. The largest absolute Gasteiger partial charge is 0.353 e. The van der Waals surface area contributed by atoms with Crippen LogP contribution in [0.2, 0.25) is 0 Å².